The van der Waals surface area contributed by atoms with Crippen LogP contribution in [0, 0.1) is 37.1 Å². The highest BCUT2D eigenvalue weighted by molar-refractivity contribution is 9.10. The summed E-state index contributed by atoms with van der Waals surface area (Å²) in [6, 6.07) is 20.0. The van der Waals surface area contributed by atoms with E-state index in [1.165, 1.54) is 66.1 Å². The molecule has 10 rings (SSSR count). The van der Waals surface area contributed by atoms with Crippen molar-refractivity contribution in [2.24, 2.45) is 0 Å². The molecule has 114 heavy (non-hydrogen) atoms. The van der Waals surface area contributed by atoms with Crippen molar-refractivity contribution >= 4 is 39.7 Å². The van der Waals surface area contributed by atoms with E-state index >= 15 is 0 Å². The van der Waals surface area contributed by atoms with Gasteiger partial charge in [0.25, 0.3) is 0 Å². The summed E-state index contributed by atoms with van der Waals surface area (Å²) >= 11 is 8.14. The second-order valence-corrected chi connectivity index (χ2v) is 29.6. The van der Waals surface area contributed by atoms with Crippen molar-refractivity contribution in [1.82, 2.24) is 20.4 Å². The molecule has 4 aliphatic heterocycles. The number of morpholine rings is 4. The Kier molecular flexibility index (Phi) is 36.1. The third-order valence-corrected chi connectivity index (χ3v) is 17.4. The number of aliphatic hydroxyl groups is 1. The van der Waals surface area contributed by atoms with Crippen molar-refractivity contribution in [1.29, 1.82) is 0 Å². The molecule has 0 bridgehead atoms. The Bertz CT molecular complexity index is 3860. The Hall–Kier alpha value is -7.19. The summed E-state index contributed by atoms with van der Waals surface area (Å²) in [6.07, 6.45) is -29.1. The topological polar surface area (TPSA) is 140 Å². The average molecular weight is 1740 g/mol. The SMILES string of the molecule is CC(C)(C)OC(=O)N1CCO[C@H](Cc2ccc(F)c(C(F)(F)F)c2)C1.Cc1ccc(C[C@@H]2CN(C(=O)OC(C)(C)C)CCO2)cc1C(F)(F)F.Cc1ccc(C[C@@H]2CNCCO2)cc1C(F)(F)F.Fc1ccc(Br)cc1C(F)(F)F.Fc1ccc(C[C@@H]2CNCCO2)cc1C(F)(F)F.O[C@@H](CCl)Cc1ccc(F)c(C(F)(F)F)c1. The number of rotatable bonds is 11. The van der Waals surface area contributed by atoms with E-state index in [1.807, 2.05) is 0 Å². The monoisotopic (exact) mass is 1740 g/mol. The fraction of sp³-hybridized carbons (Fsp3) is 0.506. The number of amides is 2. The molecule has 0 aromatic heterocycles. The molecule has 5 atom stereocenters. The predicted octanol–water partition coefficient (Wildman–Crippen LogP) is 19.7. The lowest BCUT2D eigenvalue weighted by Gasteiger charge is -2.34. The van der Waals surface area contributed by atoms with Gasteiger partial charge in [-0.2, -0.15) is 79.0 Å². The van der Waals surface area contributed by atoms with E-state index in [0.29, 0.717) is 106 Å². The molecular weight excluding hydrogens is 1660 g/mol. The van der Waals surface area contributed by atoms with Crippen molar-refractivity contribution in [3.63, 3.8) is 0 Å². The Morgan fingerprint density at radius 2 is 0.719 bits per heavy atom. The number of aliphatic hydroxyl groups excluding tert-OH is 1. The number of benzene rings is 6. The van der Waals surface area contributed by atoms with E-state index in [9.17, 15) is 106 Å². The van der Waals surface area contributed by atoms with Crippen molar-refractivity contribution < 1.29 is 140 Å². The number of hydrogen-bond donors (Lipinski definition) is 3. The van der Waals surface area contributed by atoms with Crippen LogP contribution in [0.1, 0.15) is 114 Å². The Labute approximate surface area is 657 Å². The van der Waals surface area contributed by atoms with Gasteiger partial charge in [0.1, 0.15) is 34.5 Å². The quantitative estimate of drug-likeness (QED) is 0.0843. The molecule has 3 N–H and O–H groups in total. The summed E-state index contributed by atoms with van der Waals surface area (Å²) in [5.74, 6) is -5.22. The fourth-order valence-corrected chi connectivity index (χ4v) is 11.7. The van der Waals surface area contributed by atoms with Crippen LogP contribution in [-0.4, -0.2) is 153 Å². The molecular formula is C77H86BrClF22N4O9. The molecule has 4 heterocycles. The first-order valence-electron chi connectivity index (χ1n) is 35.1. The first kappa shape index (κ1) is 97.4. The van der Waals surface area contributed by atoms with Crippen LogP contribution >= 0.6 is 27.5 Å². The van der Waals surface area contributed by atoms with Gasteiger partial charge in [0.15, 0.2) is 0 Å². The van der Waals surface area contributed by atoms with Crippen LogP contribution < -0.4 is 10.6 Å². The Morgan fingerprint density at radius 3 is 1.02 bits per heavy atom. The molecule has 0 aliphatic carbocycles. The number of hydrogen-bond acceptors (Lipinski definition) is 11. The van der Waals surface area contributed by atoms with E-state index in [4.69, 9.17) is 45.1 Å². The number of carbonyl (C=O) groups is 2. The summed E-state index contributed by atoms with van der Waals surface area (Å²) in [4.78, 5) is 27.2. The molecule has 4 fully saturated rings. The van der Waals surface area contributed by atoms with Crippen LogP contribution in [0.15, 0.2) is 114 Å². The van der Waals surface area contributed by atoms with Gasteiger partial charge in [-0.15, -0.1) is 11.6 Å². The van der Waals surface area contributed by atoms with Crippen molar-refractivity contribution in [3.05, 3.63) is 209 Å². The van der Waals surface area contributed by atoms with Crippen LogP contribution in [0.4, 0.5) is 106 Å². The highest BCUT2D eigenvalue weighted by atomic mass is 79.9. The molecule has 37 heteroatoms. The highest BCUT2D eigenvalue weighted by Gasteiger charge is 2.40. The average Bonchev–Trinajstić information content (AvgIpc) is 1.64. The van der Waals surface area contributed by atoms with E-state index in [0.717, 1.165) is 55.6 Å². The lowest BCUT2D eigenvalue weighted by atomic mass is 10.00. The van der Waals surface area contributed by atoms with Gasteiger partial charge in [-0.25, -0.2) is 27.2 Å². The van der Waals surface area contributed by atoms with Crippen LogP contribution in [-0.2, 0) is 97.6 Å². The molecule has 6 aromatic rings. The Morgan fingerprint density at radius 1 is 0.439 bits per heavy atom. The molecule has 636 valence electrons. The van der Waals surface area contributed by atoms with Gasteiger partial charge in [0.2, 0.25) is 0 Å². The second kappa shape index (κ2) is 42.3. The smallest absolute Gasteiger partial charge is 0.419 e. The number of alkyl halides is 19. The Balaban J connectivity index is 0.000000248. The van der Waals surface area contributed by atoms with Gasteiger partial charge in [-0.3, -0.25) is 0 Å². The lowest BCUT2D eigenvalue weighted by Crippen LogP contribution is -2.48. The van der Waals surface area contributed by atoms with E-state index < -0.39 is 129 Å². The standard InChI is InChI=1S/C18H24F3NO3.C17H21F4NO3.C13H16F3NO.C12H13F4NO.C10H9ClF4O.C7H3BrF4/c1-12-5-6-13(10-15(12)18(19,20)21)9-14-11-22(7-8-24-14)16(23)25-17(2,3)4;1-16(2,3)25-15(23)22-6-7-24-12(10-22)8-11-4-5-14(18)13(9-11)17(19,20)21;1-9-2-3-10(7-12(9)13(14,15)16)6-11-8-17-4-5-18-11;13-11-2-1-8(6-10(11)12(14,15)16)5-9-7-17-3-4-18-9;11-5-7(16)3-6-1-2-9(12)8(4-6)10(13,14)15;8-4-1-2-6(9)5(3-4)7(10,11)12/h5-6,10,14H,7-9,11H2,1-4H3;4-5,9,12H,6-8,10H2,1-3H3;2-3,7,11,17H,4-6,8H2,1H3;1-2,6,9,17H,3-5,7H2;1-2,4,7,16H,3,5H2;1-3H/t14-;12-;11-;9-;7-;/m11111./s1. The fourth-order valence-electron chi connectivity index (χ4n) is 11.2. The maximum absolute atomic E-state index is 13.3. The first-order chi connectivity index (χ1) is 52.6. The number of carbonyl (C=O) groups excluding carboxylic acids is 2. The second-order valence-electron chi connectivity index (χ2n) is 28.4. The van der Waals surface area contributed by atoms with Crippen molar-refractivity contribution in [2.45, 2.75) is 166 Å². The first-order valence-corrected chi connectivity index (χ1v) is 36.4. The largest absolute Gasteiger partial charge is 0.444 e. The van der Waals surface area contributed by atoms with Crippen molar-refractivity contribution in [3.8, 4) is 0 Å². The van der Waals surface area contributed by atoms with E-state index in [1.54, 1.807) is 53.7 Å². The van der Waals surface area contributed by atoms with Gasteiger partial charge in [0.05, 0.1) is 103 Å². The molecule has 0 saturated carbocycles. The zero-order valence-corrected chi connectivity index (χ0v) is 65.0. The number of ether oxygens (including phenoxy) is 6. The summed E-state index contributed by atoms with van der Waals surface area (Å²) in [7, 11) is 0. The summed E-state index contributed by atoms with van der Waals surface area (Å²) in [5, 5.41) is 15.4. The molecule has 0 spiro atoms. The highest BCUT2D eigenvalue weighted by Crippen LogP contribution is 2.38. The maximum Gasteiger partial charge on any atom is 0.419 e. The number of aryl methyl sites for hydroxylation is 2. The van der Waals surface area contributed by atoms with Crippen LogP contribution in [0.5, 0.6) is 0 Å². The minimum absolute atomic E-state index is 0.0349. The maximum atomic E-state index is 13.3. The van der Waals surface area contributed by atoms with Gasteiger partial charge >= 0.3 is 49.2 Å². The van der Waals surface area contributed by atoms with Crippen molar-refractivity contribution in [2.75, 3.05) is 84.7 Å². The molecule has 13 nitrogen and oxygen atoms in total. The zero-order chi connectivity index (χ0) is 85.7. The number of nitrogens with one attached hydrogen (secondary N) is 2. The molecule has 0 unspecified atom stereocenters. The predicted molar refractivity (Wildman–Crippen MR) is 381 cm³/mol. The van der Waals surface area contributed by atoms with E-state index in [2.05, 4.69) is 26.6 Å². The van der Waals surface area contributed by atoms with Crippen LogP contribution in [0.2, 0.25) is 0 Å². The van der Waals surface area contributed by atoms with Crippen LogP contribution in [0.3, 0.4) is 0 Å². The summed E-state index contributed by atoms with van der Waals surface area (Å²) in [5.41, 5.74) is -4.94. The molecule has 6 aromatic carbocycles. The van der Waals surface area contributed by atoms with Gasteiger partial charge in [0, 0.05) is 62.5 Å². The third-order valence-electron chi connectivity index (χ3n) is 16.5. The van der Waals surface area contributed by atoms with Gasteiger partial charge in [-0.05, 0) is 180 Å². The normalized spacial score (nSPS) is 18.1. The zero-order valence-electron chi connectivity index (χ0n) is 62.7. The third kappa shape index (κ3) is 33.8. The molecule has 0 radical (unpaired) electrons. The van der Waals surface area contributed by atoms with Gasteiger partial charge in [-0.1, -0.05) is 58.4 Å². The number of halogens is 24. The summed E-state index contributed by atoms with van der Waals surface area (Å²) in [6.45, 7) is 19.4. The minimum Gasteiger partial charge on any atom is -0.444 e. The molecule has 4 saturated heterocycles. The van der Waals surface area contributed by atoms with E-state index in [-0.39, 0.29) is 71.3 Å². The van der Waals surface area contributed by atoms with Crippen LogP contribution in [0.25, 0.3) is 0 Å². The number of nitrogens with zero attached hydrogens (tertiary/aromatic N) is 2. The minimum atomic E-state index is -4.75. The lowest BCUT2D eigenvalue weighted by molar-refractivity contribution is -0.140. The van der Waals surface area contributed by atoms with Gasteiger partial charge < -0.3 is 54.0 Å². The summed E-state index contributed by atoms with van der Waals surface area (Å²) < 4.78 is 311. The molecule has 2 amide bonds. The molecule has 4 aliphatic rings.